The van der Waals surface area contributed by atoms with Crippen LogP contribution >= 0.6 is 0 Å². The van der Waals surface area contributed by atoms with Crippen molar-refractivity contribution in [3.63, 3.8) is 0 Å². The zero-order chi connectivity index (χ0) is 16.8. The average Bonchev–Trinajstić information content (AvgIpc) is 3.08. The fourth-order valence-corrected chi connectivity index (χ4v) is 8.39. The number of sulfone groups is 2. The third kappa shape index (κ3) is 3.16. The maximum atomic E-state index is 13.4. The molecule has 0 aliphatic carbocycles. The first-order valence-corrected chi connectivity index (χ1v) is 11.0. The Morgan fingerprint density at radius 1 is 1.17 bits per heavy atom. The molecule has 0 saturated carbocycles. The highest BCUT2D eigenvalue weighted by atomic mass is 32.2. The average molecular weight is 361 g/mol. The summed E-state index contributed by atoms with van der Waals surface area (Å²) in [6.07, 6.45) is 1.91. The van der Waals surface area contributed by atoms with E-state index in [1.54, 1.807) is 0 Å². The predicted octanol–water partition coefficient (Wildman–Crippen LogP) is 1.17. The molecule has 0 radical (unpaired) electrons. The zero-order valence-electron chi connectivity index (χ0n) is 12.9. The van der Waals surface area contributed by atoms with Gasteiger partial charge in [-0.1, -0.05) is 0 Å². The SMILES string of the molecule is Cc1cc(S(=O)(=O)[C@H]2CS(=O)(=O)C[C@@H]2N2CCCC2)ccc1F. The van der Waals surface area contributed by atoms with Gasteiger partial charge in [0, 0.05) is 6.04 Å². The van der Waals surface area contributed by atoms with Crippen molar-refractivity contribution in [1.82, 2.24) is 4.90 Å². The Hall–Kier alpha value is -0.990. The molecule has 2 aliphatic rings. The van der Waals surface area contributed by atoms with Crippen molar-refractivity contribution in [3.05, 3.63) is 29.6 Å². The van der Waals surface area contributed by atoms with Gasteiger partial charge in [-0.2, -0.15) is 0 Å². The Balaban J connectivity index is 2.00. The lowest BCUT2D eigenvalue weighted by molar-refractivity contribution is 0.264. The van der Waals surface area contributed by atoms with Crippen molar-refractivity contribution < 1.29 is 21.2 Å². The summed E-state index contributed by atoms with van der Waals surface area (Å²) in [6, 6.07) is 3.13. The molecule has 2 aliphatic heterocycles. The van der Waals surface area contributed by atoms with Gasteiger partial charge in [0.15, 0.2) is 19.7 Å². The fraction of sp³-hybridized carbons (Fsp3) is 0.600. The summed E-state index contributed by atoms with van der Waals surface area (Å²) >= 11 is 0. The molecule has 5 nitrogen and oxygen atoms in total. The Labute approximate surface area is 136 Å². The molecular weight excluding hydrogens is 341 g/mol. The number of likely N-dealkylation sites (tertiary alicyclic amines) is 1. The minimum absolute atomic E-state index is 0.00250. The Morgan fingerprint density at radius 2 is 1.83 bits per heavy atom. The number of hydrogen-bond acceptors (Lipinski definition) is 5. The Morgan fingerprint density at radius 3 is 2.43 bits per heavy atom. The molecule has 3 rings (SSSR count). The molecule has 2 heterocycles. The summed E-state index contributed by atoms with van der Waals surface area (Å²) < 4.78 is 63.4. The van der Waals surface area contributed by atoms with Crippen molar-refractivity contribution in [1.29, 1.82) is 0 Å². The zero-order valence-corrected chi connectivity index (χ0v) is 14.5. The maximum Gasteiger partial charge on any atom is 0.183 e. The summed E-state index contributed by atoms with van der Waals surface area (Å²) in [7, 11) is -7.21. The molecule has 0 unspecified atom stereocenters. The molecule has 8 heteroatoms. The number of halogens is 1. The van der Waals surface area contributed by atoms with E-state index in [1.165, 1.54) is 19.1 Å². The molecule has 128 valence electrons. The van der Waals surface area contributed by atoms with Crippen LogP contribution in [0.3, 0.4) is 0 Å². The van der Waals surface area contributed by atoms with E-state index >= 15 is 0 Å². The third-order valence-corrected chi connectivity index (χ3v) is 8.85. The Bertz CT molecular complexity index is 814. The third-order valence-electron chi connectivity index (χ3n) is 4.74. The molecule has 0 amide bonds. The van der Waals surface area contributed by atoms with Gasteiger partial charge in [0.2, 0.25) is 0 Å². The topological polar surface area (TPSA) is 71.5 Å². The van der Waals surface area contributed by atoms with Crippen LogP contribution in [0, 0.1) is 12.7 Å². The molecule has 23 heavy (non-hydrogen) atoms. The van der Waals surface area contributed by atoms with Gasteiger partial charge < -0.3 is 0 Å². The highest BCUT2D eigenvalue weighted by molar-refractivity contribution is 7.96. The summed E-state index contributed by atoms with van der Waals surface area (Å²) in [5.74, 6) is -0.941. The van der Waals surface area contributed by atoms with Gasteiger partial charge in [0.25, 0.3) is 0 Å². The molecule has 0 spiro atoms. The van der Waals surface area contributed by atoms with Gasteiger partial charge in [0.05, 0.1) is 21.7 Å². The van der Waals surface area contributed by atoms with Crippen LogP contribution in [0.25, 0.3) is 0 Å². The monoisotopic (exact) mass is 361 g/mol. The molecule has 2 saturated heterocycles. The van der Waals surface area contributed by atoms with Crippen LogP contribution in [0.4, 0.5) is 4.39 Å². The number of rotatable bonds is 3. The molecule has 1 aromatic carbocycles. The van der Waals surface area contributed by atoms with E-state index in [4.69, 9.17) is 0 Å². The number of hydrogen-bond donors (Lipinski definition) is 0. The van der Waals surface area contributed by atoms with Crippen molar-refractivity contribution in [2.24, 2.45) is 0 Å². The summed E-state index contributed by atoms with van der Waals surface area (Å²) in [4.78, 5) is 1.98. The number of nitrogens with zero attached hydrogens (tertiary/aromatic N) is 1. The van der Waals surface area contributed by atoms with E-state index in [9.17, 15) is 21.2 Å². The lowest BCUT2D eigenvalue weighted by Crippen LogP contribution is -2.45. The van der Waals surface area contributed by atoms with E-state index < -0.39 is 36.8 Å². The van der Waals surface area contributed by atoms with Gasteiger partial charge in [-0.25, -0.2) is 21.2 Å². The maximum absolute atomic E-state index is 13.4. The van der Waals surface area contributed by atoms with Crippen LogP contribution in [0.2, 0.25) is 0 Å². The Kier molecular flexibility index (Phi) is 4.27. The second-order valence-electron chi connectivity index (χ2n) is 6.38. The van der Waals surface area contributed by atoms with Crippen LogP contribution < -0.4 is 0 Å². The quantitative estimate of drug-likeness (QED) is 0.756. The van der Waals surface area contributed by atoms with Crippen molar-refractivity contribution in [2.75, 3.05) is 24.6 Å². The molecule has 0 aromatic heterocycles. The smallest absolute Gasteiger partial charge is 0.183 e. The van der Waals surface area contributed by atoms with Crippen LogP contribution in [-0.2, 0) is 19.7 Å². The highest BCUT2D eigenvalue weighted by Gasteiger charge is 2.48. The fourth-order valence-electron chi connectivity index (χ4n) is 3.48. The molecule has 0 bridgehead atoms. The lowest BCUT2D eigenvalue weighted by Gasteiger charge is -2.27. The van der Waals surface area contributed by atoms with E-state index in [0.29, 0.717) is 0 Å². The van der Waals surface area contributed by atoms with Crippen molar-refractivity contribution in [3.8, 4) is 0 Å². The first kappa shape index (κ1) is 16.9. The molecular formula is C15H20FNO4S2. The molecule has 1 aromatic rings. The molecule has 2 atom stereocenters. The number of benzene rings is 1. The van der Waals surface area contributed by atoms with E-state index in [-0.39, 0.29) is 22.0 Å². The molecule has 2 fully saturated rings. The number of aryl methyl sites for hydroxylation is 1. The lowest BCUT2D eigenvalue weighted by atomic mass is 10.2. The van der Waals surface area contributed by atoms with Gasteiger partial charge in [-0.05, 0) is 56.6 Å². The second kappa shape index (κ2) is 5.82. The van der Waals surface area contributed by atoms with Crippen molar-refractivity contribution >= 4 is 19.7 Å². The predicted molar refractivity (Wildman–Crippen MR) is 85.4 cm³/mol. The first-order chi connectivity index (χ1) is 10.7. The minimum atomic E-state index is -3.82. The summed E-state index contributed by atoms with van der Waals surface area (Å²) in [5, 5.41) is -0.976. The highest BCUT2D eigenvalue weighted by Crippen LogP contribution is 2.31. The van der Waals surface area contributed by atoms with E-state index in [1.807, 2.05) is 4.90 Å². The normalized spacial score (nSPS) is 28.3. The van der Waals surface area contributed by atoms with Gasteiger partial charge in [0.1, 0.15) is 5.82 Å². The molecule has 0 N–H and O–H groups in total. The first-order valence-electron chi connectivity index (χ1n) is 7.65. The minimum Gasteiger partial charge on any atom is -0.298 e. The van der Waals surface area contributed by atoms with Crippen LogP contribution in [0.15, 0.2) is 23.1 Å². The summed E-state index contributed by atoms with van der Waals surface area (Å²) in [6.45, 7) is 2.96. The summed E-state index contributed by atoms with van der Waals surface area (Å²) in [5.41, 5.74) is 0.240. The van der Waals surface area contributed by atoms with E-state index in [2.05, 4.69) is 0 Å². The van der Waals surface area contributed by atoms with Crippen LogP contribution in [-0.4, -0.2) is 57.6 Å². The van der Waals surface area contributed by atoms with Crippen LogP contribution in [0.1, 0.15) is 18.4 Å². The van der Waals surface area contributed by atoms with Gasteiger partial charge >= 0.3 is 0 Å². The standard InChI is InChI=1S/C15H20FNO4S2/c1-11-8-12(4-5-13(11)16)23(20,21)15-10-22(18,19)9-14(15)17-6-2-3-7-17/h4-5,8,14-15H,2-3,6-7,9-10H2,1H3/t14-,15-/m0/s1. The van der Waals surface area contributed by atoms with Crippen LogP contribution in [0.5, 0.6) is 0 Å². The van der Waals surface area contributed by atoms with E-state index in [0.717, 1.165) is 32.0 Å². The van der Waals surface area contributed by atoms with Crippen molar-refractivity contribution in [2.45, 2.75) is 36.0 Å². The largest absolute Gasteiger partial charge is 0.298 e. The van der Waals surface area contributed by atoms with Gasteiger partial charge in [-0.15, -0.1) is 0 Å². The second-order valence-corrected chi connectivity index (χ2v) is 10.7. The van der Waals surface area contributed by atoms with Gasteiger partial charge in [-0.3, -0.25) is 4.90 Å².